The van der Waals surface area contributed by atoms with Crippen LogP contribution in [-0.4, -0.2) is 33.4 Å². The molecule has 2 aromatic carbocycles. The number of fused-ring (bicyclic) bond motifs is 2. The molecule has 2 aliphatic rings. The fourth-order valence-electron chi connectivity index (χ4n) is 4.13. The van der Waals surface area contributed by atoms with Gasteiger partial charge < -0.3 is 9.88 Å². The van der Waals surface area contributed by atoms with Gasteiger partial charge in [0, 0.05) is 38.3 Å². The Labute approximate surface area is 159 Å². The second kappa shape index (κ2) is 6.82. The Morgan fingerprint density at radius 3 is 2.89 bits per heavy atom. The molecule has 0 spiro atoms. The van der Waals surface area contributed by atoms with Crippen molar-refractivity contribution in [1.82, 2.24) is 19.8 Å². The molecule has 3 aromatic rings. The molecule has 1 saturated carbocycles. The summed E-state index contributed by atoms with van der Waals surface area (Å²) in [7, 11) is 0. The van der Waals surface area contributed by atoms with Crippen molar-refractivity contribution in [3.8, 4) is 0 Å². The quantitative estimate of drug-likeness (QED) is 0.761. The molecule has 0 saturated heterocycles. The lowest BCUT2D eigenvalue weighted by atomic mass is 10.0. The van der Waals surface area contributed by atoms with Crippen LogP contribution in [0, 0.1) is 5.92 Å². The summed E-state index contributed by atoms with van der Waals surface area (Å²) in [5.74, 6) is 0.463. The number of rotatable bonds is 5. The van der Waals surface area contributed by atoms with E-state index < -0.39 is 0 Å². The third kappa shape index (κ3) is 3.35. The molecule has 1 aliphatic heterocycles. The minimum atomic E-state index is 0.211. The monoisotopic (exact) mass is 360 g/mol. The molecule has 1 aliphatic carbocycles. The molecule has 5 heteroatoms. The Morgan fingerprint density at radius 1 is 1.15 bits per heavy atom. The predicted molar refractivity (Wildman–Crippen MR) is 105 cm³/mol. The zero-order chi connectivity index (χ0) is 18.2. The lowest BCUT2D eigenvalue weighted by Gasteiger charge is -2.34. The van der Waals surface area contributed by atoms with Crippen LogP contribution in [-0.2, 0) is 17.9 Å². The van der Waals surface area contributed by atoms with E-state index >= 15 is 0 Å². The summed E-state index contributed by atoms with van der Waals surface area (Å²) < 4.78 is 2.23. The van der Waals surface area contributed by atoms with Crippen LogP contribution in [0.4, 0.5) is 0 Å². The van der Waals surface area contributed by atoms with Crippen molar-refractivity contribution < 1.29 is 4.79 Å². The van der Waals surface area contributed by atoms with Crippen LogP contribution in [0.5, 0.6) is 0 Å². The molecule has 5 nitrogen and oxygen atoms in total. The first kappa shape index (κ1) is 16.5. The predicted octanol–water partition coefficient (Wildman–Crippen LogP) is 3.12. The molecular weight excluding hydrogens is 336 g/mol. The Morgan fingerprint density at radius 2 is 2.00 bits per heavy atom. The van der Waals surface area contributed by atoms with Gasteiger partial charge in [0.2, 0.25) is 5.91 Å². The van der Waals surface area contributed by atoms with Crippen molar-refractivity contribution in [2.45, 2.75) is 32.0 Å². The van der Waals surface area contributed by atoms with E-state index in [0.717, 1.165) is 32.5 Å². The maximum Gasteiger partial charge on any atom is 0.223 e. The number of benzene rings is 2. The highest BCUT2D eigenvalue weighted by Gasteiger charge is 2.31. The zero-order valence-corrected chi connectivity index (χ0v) is 15.3. The highest BCUT2D eigenvalue weighted by molar-refractivity contribution is 5.85. The molecule has 138 valence electrons. The van der Waals surface area contributed by atoms with E-state index in [0.29, 0.717) is 6.54 Å². The van der Waals surface area contributed by atoms with Crippen molar-refractivity contribution in [3.05, 3.63) is 66.2 Å². The van der Waals surface area contributed by atoms with Gasteiger partial charge in [0.25, 0.3) is 0 Å². The number of imidazole rings is 1. The van der Waals surface area contributed by atoms with E-state index in [2.05, 4.69) is 62.2 Å². The maximum absolute atomic E-state index is 12.1. The topological polar surface area (TPSA) is 50.2 Å². The number of nitrogens with zero attached hydrogens (tertiary/aromatic N) is 3. The largest absolute Gasteiger partial charge is 0.354 e. The molecule has 1 atom stereocenters. The highest BCUT2D eigenvalue weighted by Crippen LogP contribution is 2.29. The SMILES string of the molecule is O=C(NC[C@@H]1CN(Cc2cccc3ccccc23)Cc2cncn21)C1CC1. The van der Waals surface area contributed by atoms with Crippen LogP contribution in [0.3, 0.4) is 0 Å². The lowest BCUT2D eigenvalue weighted by Crippen LogP contribution is -2.42. The summed E-state index contributed by atoms with van der Waals surface area (Å²) >= 11 is 0. The molecule has 1 amide bonds. The van der Waals surface area contributed by atoms with E-state index in [-0.39, 0.29) is 17.9 Å². The molecule has 1 N–H and O–H groups in total. The van der Waals surface area contributed by atoms with Crippen LogP contribution in [0.2, 0.25) is 0 Å². The second-order valence-electron chi connectivity index (χ2n) is 7.77. The minimum absolute atomic E-state index is 0.211. The normalized spacial score (nSPS) is 19.8. The lowest BCUT2D eigenvalue weighted by molar-refractivity contribution is -0.122. The van der Waals surface area contributed by atoms with Crippen LogP contribution < -0.4 is 5.32 Å². The van der Waals surface area contributed by atoms with Crippen molar-refractivity contribution in [3.63, 3.8) is 0 Å². The average molecular weight is 360 g/mol. The third-order valence-electron chi connectivity index (χ3n) is 5.73. The fraction of sp³-hybridized carbons (Fsp3) is 0.364. The standard InChI is InChI=1S/C22H24N4O/c27-22(17-8-9-17)24-11-20-14-25(13-19-10-23-15-26(19)20)12-18-6-3-5-16-4-1-2-7-21(16)18/h1-7,10,15,17,20H,8-9,11-14H2,(H,24,27)/t20-/m1/s1. The molecule has 27 heavy (non-hydrogen) atoms. The van der Waals surface area contributed by atoms with Crippen LogP contribution in [0.1, 0.15) is 30.1 Å². The van der Waals surface area contributed by atoms with Crippen LogP contribution in [0.15, 0.2) is 55.0 Å². The van der Waals surface area contributed by atoms with Gasteiger partial charge in [0.1, 0.15) is 0 Å². The smallest absolute Gasteiger partial charge is 0.223 e. The van der Waals surface area contributed by atoms with Crippen molar-refractivity contribution >= 4 is 16.7 Å². The van der Waals surface area contributed by atoms with Gasteiger partial charge in [-0.3, -0.25) is 9.69 Å². The summed E-state index contributed by atoms with van der Waals surface area (Å²) in [4.78, 5) is 18.9. The van der Waals surface area contributed by atoms with E-state index in [1.54, 1.807) is 0 Å². The number of aromatic nitrogens is 2. The highest BCUT2D eigenvalue weighted by atomic mass is 16.2. The first-order chi connectivity index (χ1) is 13.3. The van der Waals surface area contributed by atoms with E-state index in [9.17, 15) is 4.79 Å². The molecular formula is C22H24N4O. The minimum Gasteiger partial charge on any atom is -0.354 e. The number of carbonyl (C=O) groups excluding carboxylic acids is 1. The van der Waals surface area contributed by atoms with Gasteiger partial charge in [0.15, 0.2) is 0 Å². The van der Waals surface area contributed by atoms with Crippen LogP contribution in [0.25, 0.3) is 10.8 Å². The molecule has 0 bridgehead atoms. The number of amides is 1. The summed E-state index contributed by atoms with van der Waals surface area (Å²) in [6, 6.07) is 15.3. The fourth-order valence-corrected chi connectivity index (χ4v) is 4.13. The number of hydrogen-bond acceptors (Lipinski definition) is 3. The van der Waals surface area contributed by atoms with Gasteiger partial charge in [-0.2, -0.15) is 0 Å². The molecule has 0 radical (unpaired) electrons. The maximum atomic E-state index is 12.1. The van der Waals surface area contributed by atoms with Crippen molar-refractivity contribution in [2.75, 3.05) is 13.1 Å². The first-order valence-electron chi connectivity index (χ1n) is 9.75. The third-order valence-corrected chi connectivity index (χ3v) is 5.73. The second-order valence-corrected chi connectivity index (χ2v) is 7.77. The average Bonchev–Trinajstić information content (AvgIpc) is 3.44. The van der Waals surface area contributed by atoms with Gasteiger partial charge in [-0.1, -0.05) is 42.5 Å². The summed E-state index contributed by atoms with van der Waals surface area (Å²) in [5, 5.41) is 5.74. The van der Waals surface area contributed by atoms with Gasteiger partial charge in [-0.25, -0.2) is 4.98 Å². The summed E-state index contributed by atoms with van der Waals surface area (Å²) in [6.45, 7) is 3.37. The van der Waals surface area contributed by atoms with E-state index in [1.165, 1.54) is 22.0 Å². The number of nitrogens with one attached hydrogen (secondary N) is 1. The Kier molecular flexibility index (Phi) is 4.17. The van der Waals surface area contributed by atoms with Gasteiger partial charge in [-0.15, -0.1) is 0 Å². The Bertz CT molecular complexity index is 970. The van der Waals surface area contributed by atoms with E-state index in [4.69, 9.17) is 0 Å². The molecule has 1 aromatic heterocycles. The molecule has 2 heterocycles. The summed E-state index contributed by atoms with van der Waals surface area (Å²) in [6.07, 6.45) is 5.93. The molecule has 1 fully saturated rings. The van der Waals surface area contributed by atoms with Crippen molar-refractivity contribution in [1.29, 1.82) is 0 Å². The molecule has 0 unspecified atom stereocenters. The van der Waals surface area contributed by atoms with Crippen LogP contribution >= 0.6 is 0 Å². The zero-order valence-electron chi connectivity index (χ0n) is 15.3. The Hall–Kier alpha value is -2.66. The van der Waals surface area contributed by atoms with Gasteiger partial charge in [0.05, 0.1) is 18.1 Å². The molecule has 5 rings (SSSR count). The number of hydrogen-bond donors (Lipinski definition) is 1. The first-order valence-corrected chi connectivity index (χ1v) is 9.75. The van der Waals surface area contributed by atoms with Gasteiger partial charge >= 0.3 is 0 Å². The summed E-state index contributed by atoms with van der Waals surface area (Å²) in [5.41, 5.74) is 2.56. The van der Waals surface area contributed by atoms with Crippen molar-refractivity contribution in [2.24, 2.45) is 5.92 Å². The number of carbonyl (C=O) groups is 1. The Balaban J connectivity index is 1.35. The van der Waals surface area contributed by atoms with E-state index in [1.807, 2.05) is 12.5 Å². The van der Waals surface area contributed by atoms with Gasteiger partial charge in [-0.05, 0) is 29.2 Å².